The monoisotopic (exact) mass is 417 g/mol. The minimum atomic E-state index is -1.79. The maximum atomic E-state index is 6.30. The van der Waals surface area contributed by atoms with Crippen molar-refractivity contribution in [3.63, 3.8) is 0 Å². The molecule has 132 valence electrons. The molecule has 1 aromatic carbocycles. The summed E-state index contributed by atoms with van der Waals surface area (Å²) in [4.78, 5) is 4.76. The fourth-order valence-electron chi connectivity index (χ4n) is 2.31. The molecular weight excluding hydrogens is 394 g/mol. The van der Waals surface area contributed by atoms with Gasteiger partial charge in [0.05, 0.1) is 24.0 Å². The van der Waals surface area contributed by atoms with Gasteiger partial charge in [-0.3, -0.25) is 0 Å². The minimum Gasteiger partial charge on any atom is -0.411 e. The first-order valence-electron chi connectivity index (χ1n) is 8.41. The van der Waals surface area contributed by atoms with Crippen molar-refractivity contribution in [3.05, 3.63) is 52.8 Å². The van der Waals surface area contributed by atoms with Crippen molar-refractivity contribution in [2.24, 2.45) is 0 Å². The molecule has 2 aromatic heterocycles. The van der Waals surface area contributed by atoms with Gasteiger partial charge in [0.1, 0.15) is 0 Å². The summed E-state index contributed by atoms with van der Waals surface area (Å²) in [5.74, 6) is 0.810. The van der Waals surface area contributed by atoms with E-state index in [1.54, 1.807) is 0 Å². The van der Waals surface area contributed by atoms with Crippen LogP contribution in [0.3, 0.4) is 0 Å². The van der Waals surface area contributed by atoms with Crippen molar-refractivity contribution in [1.82, 2.24) is 14.8 Å². The summed E-state index contributed by atoms with van der Waals surface area (Å²) < 4.78 is 9.20. The molecule has 25 heavy (non-hydrogen) atoms. The molecule has 0 aliphatic rings. The first-order chi connectivity index (χ1) is 11.7. The molecule has 3 rings (SSSR count). The van der Waals surface area contributed by atoms with Gasteiger partial charge in [0.15, 0.2) is 14.1 Å². The summed E-state index contributed by atoms with van der Waals surface area (Å²) in [5, 5.41) is 5.78. The van der Waals surface area contributed by atoms with Gasteiger partial charge >= 0.3 is 0 Å². The van der Waals surface area contributed by atoms with Crippen molar-refractivity contribution < 1.29 is 4.43 Å². The summed E-state index contributed by atoms with van der Waals surface area (Å²) >= 11 is 3.53. The Morgan fingerprint density at radius 3 is 2.64 bits per heavy atom. The summed E-state index contributed by atoms with van der Waals surface area (Å²) in [6, 6.07) is 12.1. The van der Waals surface area contributed by atoms with E-state index in [1.807, 2.05) is 41.2 Å². The maximum absolute atomic E-state index is 6.30. The lowest BCUT2D eigenvalue weighted by atomic mass is 10.2. The van der Waals surface area contributed by atoms with Crippen LogP contribution in [0.4, 0.5) is 0 Å². The topological polar surface area (TPSA) is 39.9 Å². The molecule has 4 nitrogen and oxygen atoms in total. The van der Waals surface area contributed by atoms with E-state index in [0.29, 0.717) is 6.61 Å². The molecule has 0 radical (unpaired) electrons. The number of pyridine rings is 1. The van der Waals surface area contributed by atoms with E-state index in [4.69, 9.17) is 9.41 Å². The molecule has 0 aliphatic carbocycles. The van der Waals surface area contributed by atoms with Crippen molar-refractivity contribution in [3.8, 4) is 5.82 Å². The number of hydrogen-bond acceptors (Lipinski definition) is 3. The van der Waals surface area contributed by atoms with Crippen LogP contribution in [0.25, 0.3) is 16.7 Å². The Bertz CT molecular complexity index is 899. The van der Waals surface area contributed by atoms with Gasteiger partial charge in [-0.2, -0.15) is 5.10 Å². The number of benzene rings is 1. The Labute approximate surface area is 158 Å². The number of rotatable bonds is 4. The molecule has 0 amide bonds. The largest absolute Gasteiger partial charge is 0.411 e. The second kappa shape index (κ2) is 6.66. The van der Waals surface area contributed by atoms with Crippen LogP contribution in [0.15, 0.2) is 47.1 Å². The Morgan fingerprint density at radius 1 is 1.16 bits per heavy atom. The zero-order valence-electron chi connectivity index (χ0n) is 15.4. The second-order valence-corrected chi connectivity index (χ2v) is 13.5. The van der Waals surface area contributed by atoms with Gasteiger partial charge < -0.3 is 4.43 Å². The molecule has 0 N–H and O–H groups in total. The van der Waals surface area contributed by atoms with Crippen molar-refractivity contribution in [2.75, 3.05) is 0 Å². The highest BCUT2D eigenvalue weighted by atomic mass is 79.9. The van der Waals surface area contributed by atoms with Gasteiger partial charge in [-0.05, 0) is 42.4 Å². The third-order valence-corrected chi connectivity index (χ3v) is 9.90. The fraction of sp³-hybridized carbons (Fsp3) is 0.368. The molecule has 0 saturated heterocycles. The second-order valence-electron chi connectivity index (χ2n) is 7.80. The molecule has 2 heterocycles. The summed E-state index contributed by atoms with van der Waals surface area (Å²) in [6.45, 7) is 11.8. The average Bonchev–Trinajstić information content (AvgIpc) is 2.95. The Hall–Kier alpha value is -1.50. The van der Waals surface area contributed by atoms with E-state index < -0.39 is 8.32 Å². The number of nitrogens with zero attached hydrogens (tertiary/aromatic N) is 3. The first kappa shape index (κ1) is 18.3. The third kappa shape index (κ3) is 3.86. The predicted molar refractivity (Wildman–Crippen MR) is 109 cm³/mol. The van der Waals surface area contributed by atoms with Crippen molar-refractivity contribution in [1.29, 1.82) is 0 Å². The Kier molecular flexibility index (Phi) is 4.88. The van der Waals surface area contributed by atoms with Crippen LogP contribution in [-0.4, -0.2) is 23.1 Å². The summed E-state index contributed by atoms with van der Waals surface area (Å²) in [7, 11) is -1.79. The highest BCUT2D eigenvalue weighted by Crippen LogP contribution is 2.37. The van der Waals surface area contributed by atoms with Gasteiger partial charge in [0, 0.05) is 9.86 Å². The van der Waals surface area contributed by atoms with Gasteiger partial charge in [-0.15, -0.1) is 0 Å². The lowest BCUT2D eigenvalue weighted by Gasteiger charge is -2.36. The standard InChI is InChI=1S/C19H24BrN3OSi/c1-19(2,3)25(4,5)24-13-16-7-6-8-18(22-16)23-17-11-15(20)10-9-14(17)12-21-23/h6-12H,13H2,1-5H3. The molecule has 0 aliphatic heterocycles. The SMILES string of the molecule is CC(C)(C)[Si](C)(C)OCc1cccc(-n2ncc3ccc(Br)cc32)n1. The van der Waals surface area contributed by atoms with Crippen LogP contribution in [-0.2, 0) is 11.0 Å². The van der Waals surface area contributed by atoms with Crippen molar-refractivity contribution >= 4 is 35.2 Å². The summed E-state index contributed by atoms with van der Waals surface area (Å²) in [6.07, 6.45) is 1.86. The number of hydrogen-bond donors (Lipinski definition) is 0. The van der Waals surface area contributed by atoms with E-state index in [9.17, 15) is 0 Å². The third-order valence-electron chi connectivity index (χ3n) is 4.93. The van der Waals surface area contributed by atoms with Gasteiger partial charge in [-0.25, -0.2) is 9.67 Å². The van der Waals surface area contributed by atoms with Crippen LogP contribution in [0.2, 0.25) is 18.1 Å². The quantitative estimate of drug-likeness (QED) is 0.510. The number of fused-ring (bicyclic) bond motifs is 1. The summed E-state index contributed by atoms with van der Waals surface area (Å²) in [5.41, 5.74) is 1.96. The number of halogens is 1. The highest BCUT2D eigenvalue weighted by molar-refractivity contribution is 9.10. The van der Waals surface area contributed by atoms with E-state index >= 15 is 0 Å². The highest BCUT2D eigenvalue weighted by Gasteiger charge is 2.37. The zero-order valence-corrected chi connectivity index (χ0v) is 18.0. The average molecular weight is 418 g/mol. The molecule has 0 atom stereocenters. The van der Waals surface area contributed by atoms with E-state index in [2.05, 4.69) is 61.0 Å². The molecular formula is C19H24BrN3OSi. The molecule has 0 unspecified atom stereocenters. The number of aromatic nitrogens is 3. The molecule has 0 fully saturated rings. The molecule has 6 heteroatoms. The van der Waals surface area contributed by atoms with Crippen LogP contribution < -0.4 is 0 Å². The lowest BCUT2D eigenvalue weighted by molar-refractivity contribution is 0.272. The first-order valence-corrected chi connectivity index (χ1v) is 12.1. The molecule has 0 saturated carbocycles. The van der Waals surface area contributed by atoms with Crippen LogP contribution in [0, 0.1) is 0 Å². The molecule has 0 bridgehead atoms. The fourth-order valence-corrected chi connectivity index (χ4v) is 3.60. The maximum Gasteiger partial charge on any atom is 0.192 e. The van der Waals surface area contributed by atoms with Crippen molar-refractivity contribution in [2.45, 2.75) is 45.5 Å². The van der Waals surface area contributed by atoms with Crippen LogP contribution in [0.5, 0.6) is 0 Å². The predicted octanol–water partition coefficient (Wildman–Crippen LogP) is 5.70. The normalized spacial score (nSPS) is 12.7. The zero-order chi connectivity index (χ0) is 18.2. The van der Waals surface area contributed by atoms with Gasteiger partial charge in [0.25, 0.3) is 0 Å². The Balaban J connectivity index is 1.88. The molecule has 3 aromatic rings. The van der Waals surface area contributed by atoms with E-state index in [-0.39, 0.29) is 5.04 Å². The van der Waals surface area contributed by atoms with E-state index in [0.717, 1.165) is 26.9 Å². The molecule has 0 spiro atoms. The van der Waals surface area contributed by atoms with Crippen LogP contribution in [0.1, 0.15) is 26.5 Å². The van der Waals surface area contributed by atoms with Crippen LogP contribution >= 0.6 is 15.9 Å². The minimum absolute atomic E-state index is 0.190. The Morgan fingerprint density at radius 2 is 1.92 bits per heavy atom. The smallest absolute Gasteiger partial charge is 0.192 e. The van der Waals surface area contributed by atoms with E-state index in [1.165, 1.54) is 0 Å². The van der Waals surface area contributed by atoms with Gasteiger partial charge in [-0.1, -0.05) is 48.8 Å². The van der Waals surface area contributed by atoms with Gasteiger partial charge in [0.2, 0.25) is 0 Å². The lowest BCUT2D eigenvalue weighted by Crippen LogP contribution is -2.40.